The molecule has 1 aromatic heterocycles. The summed E-state index contributed by atoms with van der Waals surface area (Å²) >= 11 is 0. The van der Waals surface area contributed by atoms with E-state index < -0.39 is 13.9 Å². The molecule has 0 aromatic carbocycles. The first-order valence-corrected chi connectivity index (χ1v) is 13.3. The van der Waals surface area contributed by atoms with Crippen LogP contribution in [-0.4, -0.2) is 40.7 Å². The van der Waals surface area contributed by atoms with Gasteiger partial charge in [0.25, 0.3) is 0 Å². The fraction of sp³-hybridized carbons (Fsp3) is 0.739. The third kappa shape index (κ3) is 16.2. The normalized spacial score (nSPS) is 12.4. The van der Waals surface area contributed by atoms with Crippen molar-refractivity contribution in [3.63, 3.8) is 0 Å². The highest BCUT2D eigenvalue weighted by molar-refractivity contribution is 7.46. The summed E-state index contributed by atoms with van der Waals surface area (Å²) < 4.78 is 26.8. The maximum atomic E-state index is 11.0. The quantitative estimate of drug-likeness (QED) is 0.188. The van der Waals surface area contributed by atoms with Crippen LogP contribution < -0.4 is 4.74 Å². The predicted molar refractivity (Wildman–Crippen MR) is 123 cm³/mol. The number of ether oxygens (including phenoxy) is 2. The highest BCUT2D eigenvalue weighted by Crippen LogP contribution is 2.35. The van der Waals surface area contributed by atoms with Gasteiger partial charge in [0.15, 0.2) is 0 Å². The highest BCUT2D eigenvalue weighted by atomic mass is 31.2. The second-order valence-electron chi connectivity index (χ2n) is 7.98. The van der Waals surface area contributed by atoms with E-state index in [1.807, 2.05) is 6.07 Å². The number of phosphoric acid groups is 1. The summed E-state index contributed by atoms with van der Waals surface area (Å²) in [7, 11) is -4.62. The predicted octanol–water partition coefficient (Wildman–Crippen LogP) is 5.53. The van der Waals surface area contributed by atoms with Crippen molar-refractivity contribution in [1.82, 2.24) is 4.98 Å². The summed E-state index contributed by atoms with van der Waals surface area (Å²) in [6.45, 7) is 2.54. The summed E-state index contributed by atoms with van der Waals surface area (Å²) in [6.07, 6.45) is 15.8. The number of phosphoric ester groups is 1. The molecule has 8 nitrogen and oxygen atoms in total. The topological polar surface area (TPSA) is 122 Å². The lowest BCUT2D eigenvalue weighted by Crippen LogP contribution is -2.29. The number of nitriles is 1. The summed E-state index contributed by atoms with van der Waals surface area (Å²) in [4.78, 5) is 21.9. The number of unbranched alkanes of at least 4 members (excludes halogenated alkanes) is 11. The maximum absolute atomic E-state index is 11.0. The molecule has 0 fully saturated rings. The van der Waals surface area contributed by atoms with Crippen LogP contribution >= 0.6 is 7.82 Å². The van der Waals surface area contributed by atoms with Gasteiger partial charge in [-0.2, -0.15) is 5.26 Å². The molecule has 0 radical (unpaired) electrons. The largest absolute Gasteiger partial charge is 0.469 e. The van der Waals surface area contributed by atoms with Crippen molar-refractivity contribution in [2.24, 2.45) is 0 Å². The van der Waals surface area contributed by atoms with Gasteiger partial charge in [0.2, 0.25) is 5.88 Å². The molecule has 1 heterocycles. The van der Waals surface area contributed by atoms with Gasteiger partial charge >= 0.3 is 7.82 Å². The minimum Gasteiger partial charge on any atom is -0.469 e. The Hall–Kier alpha value is -1.49. The van der Waals surface area contributed by atoms with Crippen molar-refractivity contribution in [2.45, 2.75) is 90.1 Å². The van der Waals surface area contributed by atoms with Gasteiger partial charge in [-0.15, -0.1) is 0 Å². The molecule has 2 N–H and O–H groups in total. The fourth-order valence-electron chi connectivity index (χ4n) is 3.27. The Kier molecular flexibility index (Phi) is 16.1. The molecule has 182 valence electrons. The number of rotatable bonds is 20. The Balaban J connectivity index is 2.17. The molecule has 0 aliphatic rings. The molecule has 0 bridgehead atoms. The summed E-state index contributed by atoms with van der Waals surface area (Å²) in [5.74, 6) is 0.178. The van der Waals surface area contributed by atoms with E-state index in [4.69, 9.17) is 24.5 Å². The summed E-state index contributed by atoms with van der Waals surface area (Å²) in [5.41, 5.74) is 0.377. The number of hydrogen-bond donors (Lipinski definition) is 2. The Morgan fingerprint density at radius 3 is 2.16 bits per heavy atom. The SMILES string of the molecule is CCCCCCCCCCCCCCOC[C@H](COP(=O)(O)O)Oc1cc(C#N)ccn1. The van der Waals surface area contributed by atoms with Gasteiger partial charge in [-0.25, -0.2) is 9.55 Å². The Morgan fingerprint density at radius 1 is 1.00 bits per heavy atom. The van der Waals surface area contributed by atoms with Crippen LogP contribution in [0.5, 0.6) is 5.88 Å². The standard InChI is InChI=1S/C23H39N2O6P/c1-2-3-4-5-6-7-8-9-10-11-12-13-16-29-19-22(20-30-32(26,27)28)31-23-17-21(18-24)14-15-25-23/h14-15,17,22H,2-13,16,19-20H2,1H3,(H2,26,27,28)/t22-/m1/s1. The molecule has 0 spiro atoms. The van der Waals surface area contributed by atoms with E-state index in [-0.39, 0.29) is 19.1 Å². The zero-order valence-corrected chi connectivity index (χ0v) is 20.2. The number of aromatic nitrogens is 1. The molecule has 1 aromatic rings. The van der Waals surface area contributed by atoms with Crippen molar-refractivity contribution in [2.75, 3.05) is 19.8 Å². The van der Waals surface area contributed by atoms with E-state index in [0.29, 0.717) is 12.2 Å². The molecular formula is C23H39N2O6P. The van der Waals surface area contributed by atoms with Crippen LogP contribution in [0.2, 0.25) is 0 Å². The van der Waals surface area contributed by atoms with E-state index >= 15 is 0 Å². The zero-order chi connectivity index (χ0) is 23.5. The van der Waals surface area contributed by atoms with Crippen molar-refractivity contribution in [1.29, 1.82) is 5.26 Å². The highest BCUT2D eigenvalue weighted by Gasteiger charge is 2.20. The van der Waals surface area contributed by atoms with Gasteiger partial charge < -0.3 is 19.3 Å². The van der Waals surface area contributed by atoms with E-state index in [2.05, 4.69) is 16.4 Å². The smallest absolute Gasteiger partial charge is 0.469 e. The Bertz CT molecular complexity index is 691. The van der Waals surface area contributed by atoms with Gasteiger partial charge in [-0.05, 0) is 12.5 Å². The van der Waals surface area contributed by atoms with E-state index in [9.17, 15) is 4.57 Å². The van der Waals surface area contributed by atoms with Crippen LogP contribution in [0, 0.1) is 11.3 Å². The average molecular weight is 471 g/mol. The molecule has 0 aliphatic heterocycles. The lowest BCUT2D eigenvalue weighted by molar-refractivity contribution is 0.0159. The third-order valence-electron chi connectivity index (χ3n) is 5.03. The minimum absolute atomic E-state index is 0.108. The molecule has 9 heteroatoms. The zero-order valence-electron chi connectivity index (χ0n) is 19.3. The number of nitrogens with zero attached hydrogens (tertiary/aromatic N) is 2. The van der Waals surface area contributed by atoms with Gasteiger partial charge in [-0.3, -0.25) is 4.52 Å². The molecule has 1 atom stereocenters. The summed E-state index contributed by atoms with van der Waals surface area (Å²) in [6, 6.07) is 4.98. The molecule has 0 unspecified atom stereocenters. The second-order valence-corrected chi connectivity index (χ2v) is 9.22. The first-order chi connectivity index (χ1) is 15.4. The molecule has 0 aliphatic carbocycles. The lowest BCUT2D eigenvalue weighted by Gasteiger charge is -2.19. The third-order valence-corrected chi connectivity index (χ3v) is 5.51. The number of pyridine rings is 1. The van der Waals surface area contributed by atoms with Gasteiger partial charge in [0.1, 0.15) is 6.10 Å². The lowest BCUT2D eigenvalue weighted by atomic mass is 10.1. The van der Waals surface area contributed by atoms with Gasteiger partial charge in [-0.1, -0.05) is 77.6 Å². The van der Waals surface area contributed by atoms with E-state index in [0.717, 1.165) is 12.8 Å². The van der Waals surface area contributed by atoms with Crippen LogP contribution in [0.4, 0.5) is 0 Å². The summed E-state index contributed by atoms with van der Waals surface area (Å²) in [5, 5.41) is 8.96. The van der Waals surface area contributed by atoms with Gasteiger partial charge in [0, 0.05) is 18.9 Å². The minimum atomic E-state index is -4.62. The van der Waals surface area contributed by atoms with Crippen molar-refractivity contribution < 1.29 is 28.3 Å². The van der Waals surface area contributed by atoms with Crippen LogP contribution in [0.1, 0.15) is 89.5 Å². The first-order valence-electron chi connectivity index (χ1n) is 11.7. The first kappa shape index (κ1) is 28.5. The van der Waals surface area contributed by atoms with E-state index in [1.165, 1.54) is 82.5 Å². The van der Waals surface area contributed by atoms with Crippen LogP contribution in [0.25, 0.3) is 0 Å². The van der Waals surface area contributed by atoms with E-state index in [1.54, 1.807) is 0 Å². The molecule has 1 rings (SSSR count). The molecule has 32 heavy (non-hydrogen) atoms. The Morgan fingerprint density at radius 2 is 1.59 bits per heavy atom. The Labute approximate surface area is 192 Å². The van der Waals surface area contributed by atoms with Crippen molar-refractivity contribution >= 4 is 7.82 Å². The molecule has 0 saturated heterocycles. The van der Waals surface area contributed by atoms with Crippen LogP contribution in [0.15, 0.2) is 18.3 Å². The molecular weight excluding hydrogens is 431 g/mol. The fourth-order valence-corrected chi connectivity index (χ4v) is 3.63. The van der Waals surface area contributed by atoms with Crippen LogP contribution in [-0.2, 0) is 13.8 Å². The van der Waals surface area contributed by atoms with Gasteiger partial charge in [0.05, 0.1) is 24.8 Å². The molecule has 0 saturated carbocycles. The second kappa shape index (κ2) is 18.0. The maximum Gasteiger partial charge on any atom is 0.469 e. The number of hydrogen-bond acceptors (Lipinski definition) is 6. The average Bonchev–Trinajstić information content (AvgIpc) is 2.77. The van der Waals surface area contributed by atoms with Crippen molar-refractivity contribution in [3.8, 4) is 11.9 Å². The van der Waals surface area contributed by atoms with Crippen LogP contribution in [0.3, 0.4) is 0 Å². The van der Waals surface area contributed by atoms with Crippen molar-refractivity contribution in [3.05, 3.63) is 23.9 Å². The monoisotopic (exact) mass is 470 g/mol. The molecule has 0 amide bonds.